The van der Waals surface area contributed by atoms with E-state index in [0.29, 0.717) is 11.8 Å². The number of unbranched alkanes of at least 4 members (excludes halogenated alkanes) is 9. The van der Waals surface area contributed by atoms with Crippen LogP contribution in [0.2, 0.25) is 0 Å². The van der Waals surface area contributed by atoms with Crippen LogP contribution in [0.5, 0.6) is 0 Å². The Morgan fingerprint density at radius 3 is 1.96 bits per heavy atom. The van der Waals surface area contributed by atoms with Crippen molar-refractivity contribution in [2.45, 2.75) is 82.4 Å². The van der Waals surface area contributed by atoms with Gasteiger partial charge in [-0.3, -0.25) is 4.55 Å². The predicted octanol–water partition coefficient (Wildman–Crippen LogP) is 6.39. The van der Waals surface area contributed by atoms with Crippen molar-refractivity contribution in [3.8, 4) is 0 Å². The van der Waals surface area contributed by atoms with E-state index in [0.717, 1.165) is 23.8 Å². The minimum Gasteiger partial charge on any atom is -1.00 e. The van der Waals surface area contributed by atoms with Crippen LogP contribution in [0.4, 0.5) is 0 Å². The molecule has 0 aliphatic carbocycles. The summed E-state index contributed by atoms with van der Waals surface area (Å²) < 4.78 is 33.5. The van der Waals surface area contributed by atoms with Crippen LogP contribution in [0.3, 0.4) is 0 Å². The summed E-state index contributed by atoms with van der Waals surface area (Å²) in [6.45, 7) is 2.24. The van der Waals surface area contributed by atoms with E-state index >= 15 is 0 Å². The third-order valence-corrected chi connectivity index (χ3v) is 6.02. The number of aryl methyl sites for hydroxylation is 1. The zero-order chi connectivity index (χ0) is 18.8. The monoisotopic (exact) mass is 402 g/mol. The normalized spacial score (nSPS) is 11.5. The minimum atomic E-state index is -4.22. The average molecular weight is 403 g/mol. The summed E-state index contributed by atoms with van der Waals surface area (Å²) >= 11 is 0. The molecule has 0 unspecified atom stereocenters. The van der Waals surface area contributed by atoms with Gasteiger partial charge in [-0.2, -0.15) is 8.42 Å². The van der Waals surface area contributed by atoms with Crippen molar-refractivity contribution in [3.05, 3.63) is 42.0 Å². The van der Waals surface area contributed by atoms with Gasteiger partial charge in [-0.15, -0.1) is 0 Å². The molecule has 27 heavy (non-hydrogen) atoms. The summed E-state index contributed by atoms with van der Waals surface area (Å²) in [6, 6.07) is 11.1. The summed E-state index contributed by atoms with van der Waals surface area (Å²) in [4.78, 5) is 0.0894. The van der Waals surface area contributed by atoms with Gasteiger partial charge in [-0.05, 0) is 23.8 Å². The zero-order valence-electron chi connectivity index (χ0n) is 18.6. The molecule has 0 heterocycles. The number of rotatable bonds is 12. The molecular weight excluding hydrogens is 369 g/mol. The standard InChI is InChI=1S/C22H32O3S.Mg.2H/c1-2-3-4-5-6-7-8-9-10-11-15-20-18-17-19-14-12-13-16-21(19)22(20)26(23,24)25;;;/h12-14,16-18H,2-11,15H2,1H3,(H,23,24,25);;;/q;+2;2*-1. The van der Waals surface area contributed by atoms with E-state index in [1.807, 2.05) is 24.3 Å². The van der Waals surface area contributed by atoms with Crippen LogP contribution in [0.15, 0.2) is 41.3 Å². The van der Waals surface area contributed by atoms with Crippen molar-refractivity contribution in [3.63, 3.8) is 0 Å². The van der Waals surface area contributed by atoms with Crippen molar-refractivity contribution in [1.82, 2.24) is 0 Å². The van der Waals surface area contributed by atoms with E-state index < -0.39 is 10.1 Å². The maximum absolute atomic E-state index is 11.9. The molecule has 5 heteroatoms. The molecule has 0 saturated heterocycles. The average Bonchev–Trinajstić information content (AvgIpc) is 2.62. The van der Waals surface area contributed by atoms with Crippen LogP contribution in [-0.2, 0) is 16.5 Å². The van der Waals surface area contributed by atoms with Gasteiger partial charge in [0, 0.05) is 5.39 Å². The largest absolute Gasteiger partial charge is 2.00 e. The third-order valence-electron chi connectivity index (χ3n) is 5.02. The second-order valence-corrected chi connectivity index (χ2v) is 8.54. The smallest absolute Gasteiger partial charge is 1.00 e. The SMILES string of the molecule is CCCCCCCCCCCCc1ccc2ccccc2c1S(=O)(=O)O.[H-].[H-].[Mg+2]. The molecule has 2 aromatic carbocycles. The minimum absolute atomic E-state index is 0. The predicted molar refractivity (Wildman–Crippen MR) is 117 cm³/mol. The first-order chi connectivity index (χ1) is 12.5. The Labute approximate surface area is 183 Å². The van der Waals surface area contributed by atoms with Gasteiger partial charge in [0.2, 0.25) is 0 Å². The fourth-order valence-electron chi connectivity index (χ4n) is 3.59. The first-order valence-corrected chi connectivity index (χ1v) is 11.5. The van der Waals surface area contributed by atoms with Crippen LogP contribution >= 0.6 is 0 Å². The number of fused-ring (bicyclic) bond motifs is 1. The van der Waals surface area contributed by atoms with Crippen molar-refractivity contribution < 1.29 is 15.8 Å². The number of hydrogen-bond acceptors (Lipinski definition) is 2. The molecule has 0 atom stereocenters. The van der Waals surface area contributed by atoms with E-state index in [2.05, 4.69) is 6.92 Å². The van der Waals surface area contributed by atoms with Crippen molar-refractivity contribution in [2.75, 3.05) is 0 Å². The molecule has 0 bridgehead atoms. The van der Waals surface area contributed by atoms with Gasteiger partial charge in [-0.1, -0.05) is 101 Å². The molecule has 0 radical (unpaired) electrons. The quantitative estimate of drug-likeness (QED) is 0.254. The van der Waals surface area contributed by atoms with Crippen molar-refractivity contribution in [1.29, 1.82) is 0 Å². The van der Waals surface area contributed by atoms with Gasteiger partial charge in [0.15, 0.2) is 0 Å². The van der Waals surface area contributed by atoms with Gasteiger partial charge in [-0.25, -0.2) is 0 Å². The molecule has 0 saturated carbocycles. The van der Waals surface area contributed by atoms with E-state index in [4.69, 9.17) is 0 Å². The van der Waals surface area contributed by atoms with Gasteiger partial charge >= 0.3 is 23.1 Å². The molecule has 2 rings (SSSR count). The Morgan fingerprint density at radius 1 is 0.815 bits per heavy atom. The third kappa shape index (κ3) is 8.10. The van der Waals surface area contributed by atoms with E-state index in [1.54, 1.807) is 12.1 Å². The fourth-order valence-corrected chi connectivity index (χ4v) is 4.56. The van der Waals surface area contributed by atoms with Gasteiger partial charge in [0.25, 0.3) is 10.1 Å². The Hall–Kier alpha value is -0.624. The number of hydrogen-bond donors (Lipinski definition) is 1. The molecule has 1 N–H and O–H groups in total. The molecule has 0 aliphatic rings. The fraction of sp³-hybridized carbons (Fsp3) is 0.545. The van der Waals surface area contributed by atoms with Crippen LogP contribution in [-0.4, -0.2) is 36.0 Å². The Balaban J connectivity index is 0. The first kappa shape index (κ1) is 24.4. The van der Waals surface area contributed by atoms with Gasteiger partial charge in [0.1, 0.15) is 4.90 Å². The summed E-state index contributed by atoms with van der Waals surface area (Å²) in [5, 5.41) is 1.45. The first-order valence-electron chi connectivity index (χ1n) is 10.0. The molecule has 2 aromatic rings. The van der Waals surface area contributed by atoms with Crippen molar-refractivity contribution in [2.24, 2.45) is 0 Å². The van der Waals surface area contributed by atoms with E-state index in [9.17, 15) is 13.0 Å². The van der Waals surface area contributed by atoms with Crippen LogP contribution in [0, 0.1) is 0 Å². The van der Waals surface area contributed by atoms with Crippen molar-refractivity contribution >= 4 is 43.9 Å². The molecule has 0 aliphatic heterocycles. The van der Waals surface area contributed by atoms with E-state index in [-0.39, 0.29) is 30.8 Å². The Morgan fingerprint density at radius 2 is 1.37 bits per heavy atom. The Kier molecular flexibility index (Phi) is 11.5. The van der Waals surface area contributed by atoms with Crippen LogP contribution in [0.25, 0.3) is 10.8 Å². The van der Waals surface area contributed by atoms with Crippen LogP contribution in [0.1, 0.15) is 79.5 Å². The topological polar surface area (TPSA) is 54.4 Å². The summed E-state index contributed by atoms with van der Waals surface area (Å²) in [5.41, 5.74) is 0.728. The molecule has 0 amide bonds. The molecule has 148 valence electrons. The summed E-state index contributed by atoms with van der Waals surface area (Å²) in [6.07, 6.45) is 13.2. The zero-order valence-corrected chi connectivity index (χ0v) is 18.9. The van der Waals surface area contributed by atoms with Gasteiger partial charge < -0.3 is 2.85 Å². The maximum atomic E-state index is 11.9. The Bertz CT molecular complexity index is 798. The van der Waals surface area contributed by atoms with Gasteiger partial charge in [0.05, 0.1) is 0 Å². The second-order valence-electron chi connectivity index (χ2n) is 7.18. The second kappa shape index (κ2) is 12.8. The summed E-state index contributed by atoms with van der Waals surface area (Å²) in [7, 11) is -4.22. The number of benzene rings is 2. The van der Waals surface area contributed by atoms with Crippen LogP contribution < -0.4 is 0 Å². The molecule has 0 spiro atoms. The maximum Gasteiger partial charge on any atom is 2.00 e. The molecule has 0 aromatic heterocycles. The molecule has 0 fully saturated rings. The molecular formula is C22H34MgO3S. The summed E-state index contributed by atoms with van der Waals surface area (Å²) in [5.74, 6) is 0. The molecule has 3 nitrogen and oxygen atoms in total. The van der Waals surface area contributed by atoms with E-state index in [1.165, 1.54) is 51.4 Å².